The number of rotatable bonds is 9. The van der Waals surface area contributed by atoms with Crippen molar-refractivity contribution < 1.29 is 19.2 Å². The summed E-state index contributed by atoms with van der Waals surface area (Å²) in [7, 11) is 3.12. The molecular formula is C33H35N5O6S. The third kappa shape index (κ3) is 5.57. The highest BCUT2D eigenvalue weighted by Crippen LogP contribution is 2.38. The van der Waals surface area contributed by atoms with Crippen molar-refractivity contribution in [3.8, 4) is 17.2 Å². The van der Waals surface area contributed by atoms with Crippen molar-refractivity contribution in [2.45, 2.75) is 40.7 Å². The fraction of sp³-hybridized carbons (Fsp3) is 0.303. The number of amides is 1. The molecule has 4 aromatic rings. The lowest BCUT2D eigenvalue weighted by Gasteiger charge is -2.30. The number of benzene rings is 2. The van der Waals surface area contributed by atoms with Crippen LogP contribution in [0.2, 0.25) is 0 Å². The van der Waals surface area contributed by atoms with E-state index in [2.05, 4.69) is 0 Å². The third-order valence-electron chi connectivity index (χ3n) is 8.11. The topological polar surface area (TPSA) is 121 Å². The molecule has 1 atom stereocenters. The summed E-state index contributed by atoms with van der Waals surface area (Å²) in [5.74, 6) is 0.884. The smallest absolute Gasteiger partial charge is 0.271 e. The van der Waals surface area contributed by atoms with Gasteiger partial charge in [-0.2, -0.15) is 0 Å². The number of ether oxygens (including phenoxy) is 2. The SMILES string of the molecule is CCN(CC)C(=O)C1=C(C)N=c2s/c(=C/c3cc(C)n(-c4ccc([N+](=O)[O-])cc4)c3C)c(=O)n2[C@@H]1c1cc(OC)ccc1OC. The predicted octanol–water partition coefficient (Wildman–Crippen LogP) is 4.44. The Hall–Kier alpha value is -4.97. The Morgan fingerprint density at radius 2 is 1.76 bits per heavy atom. The van der Waals surface area contributed by atoms with Crippen LogP contribution in [0.1, 0.15) is 49.3 Å². The van der Waals surface area contributed by atoms with E-state index in [-0.39, 0.29) is 17.2 Å². The van der Waals surface area contributed by atoms with Crippen molar-refractivity contribution in [3.63, 3.8) is 0 Å². The van der Waals surface area contributed by atoms with Gasteiger partial charge >= 0.3 is 0 Å². The molecular weight excluding hydrogens is 594 g/mol. The molecule has 0 aliphatic carbocycles. The number of hydrogen-bond acceptors (Lipinski definition) is 8. The Bertz CT molecular complexity index is 2020. The summed E-state index contributed by atoms with van der Waals surface area (Å²) in [4.78, 5) is 46.0. The normalized spacial score (nSPS) is 14.6. The lowest BCUT2D eigenvalue weighted by atomic mass is 9.93. The largest absolute Gasteiger partial charge is 0.497 e. The van der Waals surface area contributed by atoms with Crippen LogP contribution in [0.5, 0.6) is 11.5 Å². The molecule has 0 spiro atoms. The van der Waals surface area contributed by atoms with Crippen LogP contribution in [-0.4, -0.2) is 52.2 Å². The molecule has 12 heteroatoms. The standard InChI is InChI=1S/C33H35N5O6S/c1-8-35(9-2)32(40)29-20(4)34-33-37(30(29)26-18-25(43-6)14-15-27(26)44-7)31(39)28(45-33)17-22-16-19(3)36(21(22)5)23-10-12-24(13-11-23)38(41)42/h10-18,30H,8-9H2,1-7H3/b28-17+/t30-/m1/s1. The number of methoxy groups -OCH3 is 2. The van der Waals surface area contributed by atoms with Gasteiger partial charge < -0.3 is 18.9 Å². The molecule has 2 aromatic carbocycles. The van der Waals surface area contributed by atoms with Gasteiger partial charge in [-0.25, -0.2) is 4.99 Å². The maximum atomic E-state index is 14.3. The minimum Gasteiger partial charge on any atom is -0.497 e. The van der Waals surface area contributed by atoms with Gasteiger partial charge in [-0.3, -0.25) is 24.3 Å². The summed E-state index contributed by atoms with van der Waals surface area (Å²) in [6.07, 6.45) is 1.83. The molecule has 45 heavy (non-hydrogen) atoms. The highest BCUT2D eigenvalue weighted by molar-refractivity contribution is 7.07. The van der Waals surface area contributed by atoms with E-state index in [4.69, 9.17) is 14.5 Å². The average Bonchev–Trinajstić information content (AvgIpc) is 3.49. The van der Waals surface area contributed by atoms with Gasteiger partial charge in [0.2, 0.25) is 0 Å². The first-order valence-electron chi connectivity index (χ1n) is 14.5. The van der Waals surface area contributed by atoms with E-state index >= 15 is 0 Å². The van der Waals surface area contributed by atoms with Crippen LogP contribution >= 0.6 is 11.3 Å². The number of allylic oxidation sites excluding steroid dienone is 1. The van der Waals surface area contributed by atoms with Gasteiger partial charge in [0.05, 0.1) is 34.9 Å². The third-order valence-corrected chi connectivity index (χ3v) is 9.09. The number of thiazole rings is 1. The molecule has 234 valence electrons. The number of likely N-dealkylation sites (N-methyl/N-ethyl adjacent to an activating group) is 1. The predicted molar refractivity (Wildman–Crippen MR) is 173 cm³/mol. The number of nitrogens with zero attached hydrogens (tertiary/aromatic N) is 5. The van der Waals surface area contributed by atoms with Gasteiger partial charge in [-0.15, -0.1) is 0 Å². The van der Waals surface area contributed by atoms with E-state index in [1.165, 1.54) is 23.5 Å². The zero-order valence-electron chi connectivity index (χ0n) is 26.3. The van der Waals surface area contributed by atoms with Crippen molar-refractivity contribution in [2.75, 3.05) is 27.3 Å². The number of non-ortho nitro benzene ring substituents is 1. The molecule has 0 saturated heterocycles. The Labute approximate surface area is 264 Å². The van der Waals surface area contributed by atoms with Crippen molar-refractivity contribution in [3.05, 3.63) is 112 Å². The number of carbonyl (C=O) groups excluding carboxylic acids is 1. The zero-order chi connectivity index (χ0) is 32.6. The maximum absolute atomic E-state index is 14.3. The lowest BCUT2D eigenvalue weighted by molar-refractivity contribution is -0.384. The quantitative estimate of drug-likeness (QED) is 0.200. The number of carbonyl (C=O) groups is 1. The minimum atomic E-state index is -0.797. The van der Waals surface area contributed by atoms with Crippen LogP contribution in [0.3, 0.4) is 0 Å². The van der Waals surface area contributed by atoms with Crippen molar-refractivity contribution in [1.82, 2.24) is 14.0 Å². The Kier molecular flexibility index (Phi) is 8.78. The van der Waals surface area contributed by atoms with Gasteiger partial charge in [-0.05, 0) is 82.7 Å². The Morgan fingerprint density at radius 1 is 1.07 bits per heavy atom. The minimum absolute atomic E-state index is 0.0129. The van der Waals surface area contributed by atoms with Crippen LogP contribution in [0.25, 0.3) is 11.8 Å². The summed E-state index contributed by atoms with van der Waals surface area (Å²) in [6, 6.07) is 12.9. The lowest BCUT2D eigenvalue weighted by Crippen LogP contribution is -2.43. The maximum Gasteiger partial charge on any atom is 0.271 e. The summed E-state index contributed by atoms with van der Waals surface area (Å²) in [6.45, 7) is 10.5. The second-order valence-electron chi connectivity index (χ2n) is 10.6. The van der Waals surface area contributed by atoms with Crippen LogP contribution in [0.4, 0.5) is 5.69 Å². The van der Waals surface area contributed by atoms with Gasteiger partial charge in [0.15, 0.2) is 4.80 Å². The van der Waals surface area contributed by atoms with E-state index in [1.54, 1.807) is 60.9 Å². The molecule has 5 rings (SSSR count). The first-order valence-corrected chi connectivity index (χ1v) is 15.3. The molecule has 0 bridgehead atoms. The van der Waals surface area contributed by atoms with Crippen LogP contribution in [0.15, 0.2) is 69.6 Å². The summed E-state index contributed by atoms with van der Waals surface area (Å²) in [5.41, 5.74) is 4.65. The number of aromatic nitrogens is 2. The van der Waals surface area contributed by atoms with Crippen molar-refractivity contribution in [1.29, 1.82) is 0 Å². The molecule has 11 nitrogen and oxygen atoms in total. The molecule has 0 unspecified atom stereocenters. The van der Waals surface area contributed by atoms with E-state index in [1.807, 2.05) is 44.4 Å². The van der Waals surface area contributed by atoms with Crippen molar-refractivity contribution in [2.24, 2.45) is 4.99 Å². The molecule has 3 heterocycles. The molecule has 0 N–H and O–H groups in total. The number of aryl methyl sites for hydroxylation is 1. The van der Waals surface area contributed by atoms with Crippen LogP contribution < -0.4 is 24.4 Å². The number of nitro benzene ring substituents is 1. The van der Waals surface area contributed by atoms with E-state index < -0.39 is 11.0 Å². The molecule has 0 radical (unpaired) electrons. The Balaban J connectivity index is 1.72. The van der Waals surface area contributed by atoms with Crippen LogP contribution in [-0.2, 0) is 4.79 Å². The first kappa shape index (κ1) is 31.5. The molecule has 0 saturated carbocycles. The van der Waals surface area contributed by atoms with Gasteiger partial charge in [0.1, 0.15) is 17.5 Å². The average molecular weight is 630 g/mol. The van der Waals surface area contributed by atoms with Gasteiger partial charge in [0.25, 0.3) is 17.2 Å². The van der Waals surface area contributed by atoms with E-state index in [9.17, 15) is 19.7 Å². The number of fused-ring (bicyclic) bond motifs is 1. The fourth-order valence-electron chi connectivity index (χ4n) is 5.82. The highest BCUT2D eigenvalue weighted by Gasteiger charge is 2.36. The van der Waals surface area contributed by atoms with Crippen LogP contribution in [0, 0.1) is 24.0 Å². The fourth-order valence-corrected chi connectivity index (χ4v) is 6.86. The molecule has 1 amide bonds. The van der Waals surface area contributed by atoms with Gasteiger partial charge in [0, 0.05) is 47.9 Å². The first-order chi connectivity index (χ1) is 21.5. The molecule has 2 aromatic heterocycles. The van der Waals surface area contributed by atoms with Crippen molar-refractivity contribution >= 4 is 29.0 Å². The highest BCUT2D eigenvalue weighted by atomic mass is 32.1. The number of nitro groups is 1. The zero-order valence-corrected chi connectivity index (χ0v) is 27.1. The Morgan fingerprint density at radius 3 is 2.36 bits per heavy atom. The second kappa shape index (κ2) is 12.6. The number of hydrogen-bond donors (Lipinski definition) is 0. The van der Waals surface area contributed by atoms with E-state index in [0.717, 1.165) is 22.6 Å². The molecule has 1 aliphatic rings. The monoisotopic (exact) mass is 629 g/mol. The summed E-state index contributed by atoms with van der Waals surface area (Å²) in [5, 5.41) is 11.1. The second-order valence-corrected chi connectivity index (χ2v) is 11.6. The molecule has 1 aliphatic heterocycles. The van der Waals surface area contributed by atoms with Gasteiger partial charge in [-0.1, -0.05) is 11.3 Å². The summed E-state index contributed by atoms with van der Waals surface area (Å²) >= 11 is 1.25. The molecule has 0 fully saturated rings. The van der Waals surface area contributed by atoms with E-state index in [0.29, 0.717) is 50.8 Å². The summed E-state index contributed by atoms with van der Waals surface area (Å²) < 4.78 is 15.3.